The van der Waals surface area contributed by atoms with Crippen molar-refractivity contribution in [2.24, 2.45) is 0 Å². The fourth-order valence-electron chi connectivity index (χ4n) is 3.42. The van der Waals surface area contributed by atoms with Crippen LogP contribution in [0.2, 0.25) is 5.15 Å². The Kier molecular flexibility index (Phi) is 6.56. The number of carbonyl (C=O) groups excluding carboxylic acids is 2. The van der Waals surface area contributed by atoms with E-state index < -0.39 is 18.0 Å². The van der Waals surface area contributed by atoms with Crippen LogP contribution in [0.1, 0.15) is 27.6 Å². The highest BCUT2D eigenvalue weighted by Crippen LogP contribution is 2.28. The van der Waals surface area contributed by atoms with Crippen LogP contribution >= 0.6 is 11.6 Å². The van der Waals surface area contributed by atoms with Crippen molar-refractivity contribution in [3.05, 3.63) is 101 Å². The summed E-state index contributed by atoms with van der Waals surface area (Å²) in [6.07, 6.45) is -1.16. The van der Waals surface area contributed by atoms with Gasteiger partial charge in [0.05, 0.1) is 23.9 Å². The summed E-state index contributed by atoms with van der Waals surface area (Å²) in [6.45, 7) is 1.91. The standard InChI is InChI=1S/C26H21ClN2O4/c1-16-8-12-22(32-2)21(14-16)29-25(30)24(17-6-4-3-5-7-17)33-26(31)19-9-11-20-18(15-19)10-13-23(27)28-20/h3-15,24H,1-2H3,(H,29,30). The number of halogens is 1. The van der Waals surface area contributed by atoms with Crippen molar-refractivity contribution in [2.45, 2.75) is 13.0 Å². The van der Waals surface area contributed by atoms with E-state index in [0.717, 1.165) is 10.9 Å². The zero-order chi connectivity index (χ0) is 23.4. The van der Waals surface area contributed by atoms with Crippen LogP contribution in [0.25, 0.3) is 10.9 Å². The largest absolute Gasteiger partial charge is 0.495 e. The van der Waals surface area contributed by atoms with Crippen molar-refractivity contribution in [1.29, 1.82) is 0 Å². The van der Waals surface area contributed by atoms with E-state index in [1.165, 1.54) is 7.11 Å². The zero-order valence-corrected chi connectivity index (χ0v) is 18.8. The topological polar surface area (TPSA) is 77.5 Å². The number of anilines is 1. The van der Waals surface area contributed by atoms with Gasteiger partial charge in [-0.3, -0.25) is 4.79 Å². The molecule has 0 bridgehead atoms. The zero-order valence-electron chi connectivity index (χ0n) is 18.0. The average Bonchev–Trinajstić information content (AvgIpc) is 2.82. The first-order chi connectivity index (χ1) is 15.9. The van der Waals surface area contributed by atoms with Crippen LogP contribution in [0.5, 0.6) is 5.75 Å². The number of rotatable bonds is 6. The Morgan fingerprint density at radius 1 is 0.970 bits per heavy atom. The summed E-state index contributed by atoms with van der Waals surface area (Å²) < 4.78 is 11.0. The highest BCUT2D eigenvalue weighted by Gasteiger charge is 2.26. The summed E-state index contributed by atoms with van der Waals surface area (Å²) in [5.74, 6) is -0.618. The second-order valence-electron chi connectivity index (χ2n) is 7.43. The molecular formula is C26H21ClN2O4. The van der Waals surface area contributed by atoms with Crippen LogP contribution in [0.3, 0.4) is 0 Å². The first kappa shape index (κ1) is 22.3. The number of carbonyl (C=O) groups is 2. The van der Waals surface area contributed by atoms with Crippen molar-refractivity contribution in [1.82, 2.24) is 4.98 Å². The van der Waals surface area contributed by atoms with E-state index in [-0.39, 0.29) is 0 Å². The van der Waals surface area contributed by atoms with Crippen LogP contribution in [0.4, 0.5) is 5.69 Å². The number of benzene rings is 3. The first-order valence-corrected chi connectivity index (χ1v) is 10.6. The maximum Gasteiger partial charge on any atom is 0.339 e. The molecule has 0 radical (unpaired) electrons. The third kappa shape index (κ3) is 5.13. The summed E-state index contributed by atoms with van der Waals surface area (Å²) in [5, 5.41) is 3.93. The number of fused-ring (bicyclic) bond motifs is 1. The number of ether oxygens (including phenoxy) is 2. The molecule has 1 atom stereocenters. The molecule has 3 aromatic carbocycles. The lowest BCUT2D eigenvalue weighted by Gasteiger charge is -2.19. The minimum atomic E-state index is -1.16. The number of aromatic nitrogens is 1. The summed E-state index contributed by atoms with van der Waals surface area (Å²) in [4.78, 5) is 30.5. The highest BCUT2D eigenvalue weighted by atomic mass is 35.5. The highest BCUT2D eigenvalue weighted by molar-refractivity contribution is 6.29. The summed E-state index contributed by atoms with van der Waals surface area (Å²) in [6, 6.07) is 22.7. The van der Waals surface area contributed by atoms with Gasteiger partial charge in [-0.2, -0.15) is 0 Å². The van der Waals surface area contributed by atoms with Crippen molar-refractivity contribution in [3.63, 3.8) is 0 Å². The van der Waals surface area contributed by atoms with Crippen LogP contribution in [-0.2, 0) is 9.53 Å². The van der Waals surface area contributed by atoms with Gasteiger partial charge in [-0.05, 0) is 55.0 Å². The van der Waals surface area contributed by atoms with Crippen LogP contribution in [-0.4, -0.2) is 24.0 Å². The third-order valence-electron chi connectivity index (χ3n) is 5.07. The minimum absolute atomic E-state index is 0.300. The molecule has 0 saturated heterocycles. The van der Waals surface area contributed by atoms with Crippen molar-refractivity contribution < 1.29 is 19.1 Å². The van der Waals surface area contributed by atoms with E-state index in [0.29, 0.717) is 33.2 Å². The fourth-order valence-corrected chi connectivity index (χ4v) is 3.58. The molecule has 0 aliphatic rings. The van der Waals surface area contributed by atoms with Gasteiger partial charge in [0.15, 0.2) is 0 Å². The molecule has 1 aromatic heterocycles. The van der Waals surface area contributed by atoms with Gasteiger partial charge >= 0.3 is 5.97 Å². The van der Waals surface area contributed by atoms with Crippen LogP contribution < -0.4 is 10.1 Å². The van der Waals surface area contributed by atoms with Crippen LogP contribution in [0.15, 0.2) is 78.9 Å². The molecule has 1 N–H and O–H groups in total. The Balaban J connectivity index is 1.63. The van der Waals surface area contributed by atoms with Gasteiger partial charge in [0.25, 0.3) is 5.91 Å². The molecular weight excluding hydrogens is 440 g/mol. The lowest BCUT2D eigenvalue weighted by molar-refractivity contribution is -0.125. The van der Waals surface area contributed by atoms with E-state index in [9.17, 15) is 9.59 Å². The maximum atomic E-state index is 13.2. The normalized spacial score (nSPS) is 11.6. The minimum Gasteiger partial charge on any atom is -0.495 e. The molecule has 166 valence electrons. The molecule has 6 nitrogen and oxygen atoms in total. The lowest BCUT2D eigenvalue weighted by Crippen LogP contribution is -2.26. The maximum absolute atomic E-state index is 13.2. The summed E-state index contributed by atoms with van der Waals surface area (Å²) in [5.41, 5.74) is 2.94. The molecule has 0 saturated carbocycles. The van der Waals surface area contributed by atoms with Gasteiger partial charge in [0, 0.05) is 10.9 Å². The molecule has 33 heavy (non-hydrogen) atoms. The second-order valence-corrected chi connectivity index (χ2v) is 7.82. The number of nitrogens with zero attached hydrogens (tertiary/aromatic N) is 1. The van der Waals surface area contributed by atoms with E-state index >= 15 is 0 Å². The molecule has 0 fully saturated rings. The number of nitrogens with one attached hydrogen (secondary N) is 1. The van der Waals surface area contributed by atoms with Gasteiger partial charge in [-0.25, -0.2) is 9.78 Å². The Hall–Kier alpha value is -3.90. The number of pyridine rings is 1. The molecule has 4 rings (SSSR count). The summed E-state index contributed by atoms with van der Waals surface area (Å²) in [7, 11) is 1.52. The average molecular weight is 461 g/mol. The van der Waals surface area contributed by atoms with Crippen molar-refractivity contribution in [2.75, 3.05) is 12.4 Å². The monoisotopic (exact) mass is 460 g/mol. The van der Waals surface area contributed by atoms with Gasteiger partial charge < -0.3 is 14.8 Å². The smallest absolute Gasteiger partial charge is 0.339 e. The SMILES string of the molecule is COc1ccc(C)cc1NC(=O)C(OC(=O)c1ccc2nc(Cl)ccc2c1)c1ccccc1. The predicted molar refractivity (Wildman–Crippen MR) is 128 cm³/mol. The predicted octanol–water partition coefficient (Wildman–Crippen LogP) is 5.74. The Morgan fingerprint density at radius 2 is 1.76 bits per heavy atom. The molecule has 7 heteroatoms. The van der Waals surface area contributed by atoms with E-state index in [2.05, 4.69) is 10.3 Å². The number of methoxy groups -OCH3 is 1. The van der Waals surface area contributed by atoms with Gasteiger partial charge in [0.1, 0.15) is 10.9 Å². The summed E-state index contributed by atoms with van der Waals surface area (Å²) >= 11 is 5.93. The van der Waals surface area contributed by atoms with Crippen LogP contribution in [0, 0.1) is 6.92 Å². The third-order valence-corrected chi connectivity index (χ3v) is 5.28. The van der Waals surface area contributed by atoms with E-state index in [1.54, 1.807) is 66.7 Å². The number of amides is 1. The fraction of sp³-hybridized carbons (Fsp3) is 0.115. The van der Waals surface area contributed by atoms with Gasteiger partial charge in [0.2, 0.25) is 6.10 Å². The Bertz CT molecular complexity index is 1320. The quantitative estimate of drug-likeness (QED) is 0.293. The molecule has 0 aliphatic heterocycles. The first-order valence-electron chi connectivity index (χ1n) is 10.2. The Labute approximate surface area is 196 Å². The second kappa shape index (κ2) is 9.71. The number of hydrogen-bond acceptors (Lipinski definition) is 5. The van der Waals surface area contributed by atoms with E-state index in [1.807, 2.05) is 19.1 Å². The molecule has 0 spiro atoms. The molecule has 4 aromatic rings. The molecule has 1 unspecified atom stereocenters. The number of esters is 1. The molecule has 0 aliphatic carbocycles. The number of aryl methyl sites for hydroxylation is 1. The van der Waals surface area contributed by atoms with Gasteiger partial charge in [-0.15, -0.1) is 0 Å². The van der Waals surface area contributed by atoms with Crippen molar-refractivity contribution >= 4 is 40.1 Å². The van der Waals surface area contributed by atoms with E-state index in [4.69, 9.17) is 21.1 Å². The van der Waals surface area contributed by atoms with Gasteiger partial charge in [-0.1, -0.05) is 48.0 Å². The van der Waals surface area contributed by atoms with Crippen molar-refractivity contribution in [3.8, 4) is 5.75 Å². The molecule has 1 heterocycles. The lowest BCUT2D eigenvalue weighted by atomic mass is 10.1. The molecule has 1 amide bonds. The number of hydrogen-bond donors (Lipinski definition) is 1. The Morgan fingerprint density at radius 3 is 2.52 bits per heavy atom.